The summed E-state index contributed by atoms with van der Waals surface area (Å²) in [5.74, 6) is 1.04. The molecule has 0 radical (unpaired) electrons. The Morgan fingerprint density at radius 2 is 1.71 bits per heavy atom. The zero-order valence-electron chi connectivity index (χ0n) is 21.1. The van der Waals surface area contributed by atoms with E-state index in [2.05, 4.69) is 62.1 Å². The summed E-state index contributed by atoms with van der Waals surface area (Å²) in [4.78, 5) is 14.2. The maximum Gasteiger partial charge on any atom is 0.306 e. The second-order valence-electron chi connectivity index (χ2n) is 12.2. The SMILES string of the molecule is CC(C)(C)C1CCC(Oc2cccc3cc(CN4C5CCCC4CC(C(=O)O)C5)ccc23)CC1. The second-order valence-corrected chi connectivity index (χ2v) is 12.2. The predicted octanol–water partition coefficient (Wildman–Crippen LogP) is 7.04. The van der Waals surface area contributed by atoms with Gasteiger partial charge in [-0.15, -0.1) is 0 Å². The molecule has 1 N–H and O–H groups in total. The average molecular weight is 464 g/mol. The summed E-state index contributed by atoms with van der Waals surface area (Å²) in [6.07, 6.45) is 10.2. The van der Waals surface area contributed by atoms with Crippen molar-refractivity contribution in [2.45, 2.75) is 103 Å². The minimum Gasteiger partial charge on any atom is -0.490 e. The van der Waals surface area contributed by atoms with Gasteiger partial charge in [0.05, 0.1) is 12.0 Å². The lowest BCUT2D eigenvalue weighted by atomic mass is 9.72. The predicted molar refractivity (Wildman–Crippen MR) is 137 cm³/mol. The van der Waals surface area contributed by atoms with Gasteiger partial charge in [-0.3, -0.25) is 9.69 Å². The number of benzene rings is 2. The number of carbonyl (C=O) groups is 1. The molecule has 4 nitrogen and oxygen atoms in total. The van der Waals surface area contributed by atoms with E-state index in [9.17, 15) is 9.90 Å². The summed E-state index contributed by atoms with van der Waals surface area (Å²) in [6.45, 7) is 8.01. The minimum absolute atomic E-state index is 0.165. The van der Waals surface area contributed by atoms with Crippen molar-refractivity contribution in [3.63, 3.8) is 0 Å². The number of fused-ring (bicyclic) bond motifs is 3. The Morgan fingerprint density at radius 3 is 2.35 bits per heavy atom. The van der Waals surface area contributed by atoms with Crippen LogP contribution < -0.4 is 4.74 Å². The van der Waals surface area contributed by atoms with Crippen molar-refractivity contribution in [2.75, 3.05) is 0 Å². The van der Waals surface area contributed by atoms with Crippen LogP contribution in [0.25, 0.3) is 10.8 Å². The Hall–Kier alpha value is -2.07. The Kier molecular flexibility index (Phi) is 6.63. The first-order valence-electron chi connectivity index (χ1n) is 13.4. The number of ether oxygens (including phenoxy) is 1. The molecule has 1 aliphatic carbocycles. The molecule has 4 heteroatoms. The molecule has 2 bridgehead atoms. The Balaban J connectivity index is 1.27. The Morgan fingerprint density at radius 1 is 1.00 bits per heavy atom. The third-order valence-corrected chi connectivity index (χ3v) is 8.94. The van der Waals surface area contributed by atoms with Crippen molar-refractivity contribution < 1.29 is 14.6 Å². The number of rotatable bonds is 5. The number of carboxylic acids is 1. The molecule has 34 heavy (non-hydrogen) atoms. The van der Waals surface area contributed by atoms with Crippen LogP contribution in [0, 0.1) is 17.3 Å². The largest absolute Gasteiger partial charge is 0.490 e. The van der Waals surface area contributed by atoms with Gasteiger partial charge in [0.2, 0.25) is 0 Å². The zero-order chi connectivity index (χ0) is 23.9. The van der Waals surface area contributed by atoms with Gasteiger partial charge in [-0.05, 0) is 85.8 Å². The van der Waals surface area contributed by atoms with Crippen molar-refractivity contribution in [2.24, 2.45) is 17.3 Å². The van der Waals surface area contributed by atoms with Gasteiger partial charge in [0.1, 0.15) is 5.75 Å². The smallest absolute Gasteiger partial charge is 0.306 e. The van der Waals surface area contributed by atoms with E-state index < -0.39 is 5.97 Å². The van der Waals surface area contributed by atoms with Gasteiger partial charge in [-0.1, -0.05) is 51.5 Å². The molecule has 3 aliphatic rings. The van der Waals surface area contributed by atoms with Crippen LogP contribution in [0.1, 0.15) is 84.1 Å². The Bertz CT molecular complexity index is 1000. The van der Waals surface area contributed by atoms with Crippen molar-refractivity contribution in [3.05, 3.63) is 42.0 Å². The molecule has 0 aromatic heterocycles. The number of nitrogens with zero attached hydrogens (tertiary/aromatic N) is 1. The Labute approximate surface area is 204 Å². The lowest BCUT2D eigenvalue weighted by Crippen LogP contribution is -2.52. The van der Waals surface area contributed by atoms with E-state index in [-0.39, 0.29) is 5.92 Å². The van der Waals surface area contributed by atoms with Crippen LogP contribution in [0.2, 0.25) is 0 Å². The van der Waals surface area contributed by atoms with E-state index in [1.165, 1.54) is 35.6 Å². The first-order valence-corrected chi connectivity index (χ1v) is 13.4. The topological polar surface area (TPSA) is 49.8 Å². The number of carboxylic acid groups (broad SMARTS) is 1. The van der Waals surface area contributed by atoms with Gasteiger partial charge in [0, 0.05) is 24.0 Å². The molecular formula is C30H41NO3. The van der Waals surface area contributed by atoms with Crippen molar-refractivity contribution in [3.8, 4) is 5.75 Å². The highest BCUT2D eigenvalue weighted by Gasteiger charge is 2.40. The fourth-order valence-electron chi connectivity index (χ4n) is 6.88. The van der Waals surface area contributed by atoms with E-state index >= 15 is 0 Å². The fourth-order valence-corrected chi connectivity index (χ4v) is 6.88. The number of aliphatic carboxylic acids is 1. The first-order chi connectivity index (χ1) is 16.3. The first kappa shape index (κ1) is 23.7. The van der Waals surface area contributed by atoms with Crippen LogP contribution in [0.4, 0.5) is 0 Å². The molecule has 0 amide bonds. The molecule has 184 valence electrons. The van der Waals surface area contributed by atoms with Gasteiger partial charge in [-0.25, -0.2) is 0 Å². The maximum atomic E-state index is 11.6. The number of hydrogen-bond donors (Lipinski definition) is 1. The summed E-state index contributed by atoms with van der Waals surface area (Å²) in [5.41, 5.74) is 1.71. The third-order valence-electron chi connectivity index (χ3n) is 8.94. The molecule has 2 aromatic rings. The summed E-state index contributed by atoms with van der Waals surface area (Å²) in [7, 11) is 0. The molecular weight excluding hydrogens is 422 g/mol. The molecule has 2 unspecified atom stereocenters. The van der Waals surface area contributed by atoms with Gasteiger partial charge < -0.3 is 9.84 Å². The van der Waals surface area contributed by atoms with Crippen LogP contribution in [-0.2, 0) is 11.3 Å². The van der Waals surface area contributed by atoms with E-state index in [1.807, 2.05) is 0 Å². The van der Waals surface area contributed by atoms with E-state index in [4.69, 9.17) is 4.74 Å². The maximum absolute atomic E-state index is 11.6. The van der Waals surface area contributed by atoms with Crippen molar-refractivity contribution in [1.82, 2.24) is 4.90 Å². The lowest BCUT2D eigenvalue weighted by Gasteiger charge is -2.48. The van der Waals surface area contributed by atoms with Crippen molar-refractivity contribution >= 4 is 16.7 Å². The molecule has 3 fully saturated rings. The normalized spacial score (nSPS) is 30.3. The highest BCUT2D eigenvalue weighted by molar-refractivity contribution is 5.88. The van der Waals surface area contributed by atoms with Gasteiger partial charge >= 0.3 is 5.97 Å². The minimum atomic E-state index is -0.610. The van der Waals surface area contributed by atoms with E-state index in [1.54, 1.807) is 0 Å². The highest BCUT2D eigenvalue weighted by atomic mass is 16.5. The highest BCUT2D eigenvalue weighted by Crippen LogP contribution is 2.40. The summed E-state index contributed by atoms with van der Waals surface area (Å²) >= 11 is 0. The van der Waals surface area contributed by atoms with Crippen LogP contribution in [-0.4, -0.2) is 34.2 Å². The molecule has 2 saturated heterocycles. The van der Waals surface area contributed by atoms with Crippen LogP contribution in [0.3, 0.4) is 0 Å². The summed E-state index contributed by atoms with van der Waals surface area (Å²) in [5, 5.41) is 12.0. The van der Waals surface area contributed by atoms with E-state index in [0.29, 0.717) is 23.6 Å². The molecule has 2 aromatic carbocycles. The van der Waals surface area contributed by atoms with E-state index in [0.717, 1.165) is 56.7 Å². The fraction of sp³-hybridized carbons (Fsp3) is 0.633. The average Bonchev–Trinajstić information content (AvgIpc) is 2.78. The lowest BCUT2D eigenvalue weighted by molar-refractivity contribution is -0.146. The molecule has 0 spiro atoms. The molecule has 2 atom stereocenters. The molecule has 2 aliphatic heterocycles. The van der Waals surface area contributed by atoms with Crippen LogP contribution in [0.15, 0.2) is 36.4 Å². The standard InChI is InChI=1S/C30H41NO3/c1-30(2,3)23-11-13-26(14-12-23)34-28-9-4-6-21-16-20(10-15-27(21)28)19-31-24-7-5-8-25(31)18-22(17-24)29(32)33/h4,6,9-10,15-16,22-26H,5,7-8,11-14,17-19H2,1-3H3,(H,32,33). The quantitative estimate of drug-likeness (QED) is 0.516. The second kappa shape index (κ2) is 9.53. The number of hydrogen-bond acceptors (Lipinski definition) is 3. The van der Waals surface area contributed by atoms with Gasteiger partial charge in [0.15, 0.2) is 0 Å². The monoisotopic (exact) mass is 463 g/mol. The zero-order valence-corrected chi connectivity index (χ0v) is 21.1. The molecule has 5 rings (SSSR count). The van der Waals surface area contributed by atoms with Crippen LogP contribution >= 0.6 is 0 Å². The van der Waals surface area contributed by atoms with Gasteiger partial charge in [0.25, 0.3) is 0 Å². The molecule has 2 heterocycles. The summed E-state index contributed by atoms with van der Waals surface area (Å²) in [6, 6.07) is 14.1. The summed E-state index contributed by atoms with van der Waals surface area (Å²) < 4.78 is 6.55. The van der Waals surface area contributed by atoms with Gasteiger partial charge in [-0.2, -0.15) is 0 Å². The van der Waals surface area contributed by atoms with Crippen LogP contribution in [0.5, 0.6) is 5.75 Å². The van der Waals surface area contributed by atoms with Crippen molar-refractivity contribution in [1.29, 1.82) is 0 Å². The third kappa shape index (κ3) is 4.98. The molecule has 1 saturated carbocycles. The number of piperidine rings is 2.